The van der Waals surface area contributed by atoms with Crippen molar-refractivity contribution in [3.05, 3.63) is 77.9 Å². The summed E-state index contributed by atoms with van der Waals surface area (Å²) in [6.45, 7) is 2.32. The van der Waals surface area contributed by atoms with Gasteiger partial charge in [-0.25, -0.2) is 14.4 Å². The van der Waals surface area contributed by atoms with Gasteiger partial charge in [0.2, 0.25) is 12.2 Å². The highest BCUT2D eigenvalue weighted by molar-refractivity contribution is 6.01. The number of hydrogen-bond donors (Lipinski definition) is 2. The van der Waals surface area contributed by atoms with E-state index < -0.39 is 48.0 Å². The van der Waals surface area contributed by atoms with Crippen molar-refractivity contribution in [2.24, 2.45) is 0 Å². The molecule has 14 heteroatoms. The maximum atomic E-state index is 13.3. The molecule has 0 fully saturated rings. The van der Waals surface area contributed by atoms with Gasteiger partial charge in [-0.2, -0.15) is 0 Å². The Labute approximate surface area is 250 Å². The molecule has 0 radical (unpaired) electrons. The Morgan fingerprint density at radius 1 is 0.636 bits per heavy atom. The second kappa shape index (κ2) is 14.8. The number of anilines is 1. The first-order valence-electron chi connectivity index (χ1n) is 12.7. The molecule has 3 aromatic carbocycles. The highest BCUT2D eigenvalue weighted by Crippen LogP contribution is 2.30. The molecule has 0 unspecified atom stereocenters. The number of carboxylic acids is 1. The highest BCUT2D eigenvalue weighted by Gasteiger charge is 2.41. The van der Waals surface area contributed by atoms with Crippen LogP contribution in [0.15, 0.2) is 66.7 Å². The lowest BCUT2D eigenvalue weighted by atomic mass is 10.1. The fourth-order valence-electron chi connectivity index (χ4n) is 3.66. The van der Waals surface area contributed by atoms with Gasteiger partial charge in [-0.3, -0.25) is 14.4 Å². The van der Waals surface area contributed by atoms with Crippen LogP contribution in [0.25, 0.3) is 0 Å². The molecular formula is C30H27NO13. The Balaban J connectivity index is 1.95. The molecular weight excluding hydrogens is 582 g/mol. The summed E-state index contributed by atoms with van der Waals surface area (Å²) >= 11 is 0. The molecule has 0 aliphatic rings. The summed E-state index contributed by atoms with van der Waals surface area (Å²) in [5, 5.41) is 12.4. The van der Waals surface area contributed by atoms with E-state index in [1.165, 1.54) is 50.6 Å². The Bertz CT molecular complexity index is 1570. The second-order valence-electron chi connectivity index (χ2n) is 8.76. The first-order chi connectivity index (χ1) is 20.9. The van der Waals surface area contributed by atoms with Crippen LogP contribution in [0.3, 0.4) is 0 Å². The number of carboxylic acid groups (broad SMARTS) is 1. The van der Waals surface area contributed by atoms with Crippen LogP contribution >= 0.6 is 0 Å². The minimum atomic E-state index is -2.34. The Kier molecular flexibility index (Phi) is 11.0. The number of esters is 4. The van der Waals surface area contributed by atoms with E-state index in [2.05, 4.69) is 5.32 Å². The summed E-state index contributed by atoms with van der Waals surface area (Å²) in [6, 6.07) is 14.9. The molecule has 1 amide bonds. The third-order valence-corrected chi connectivity index (χ3v) is 5.59. The molecule has 14 nitrogen and oxygen atoms in total. The number of para-hydroxylation sites is 1. The van der Waals surface area contributed by atoms with Crippen LogP contribution in [0.1, 0.15) is 34.6 Å². The van der Waals surface area contributed by atoms with Gasteiger partial charge in [0.25, 0.3) is 5.91 Å². The molecule has 0 saturated heterocycles. The molecule has 2 atom stereocenters. The van der Waals surface area contributed by atoms with Crippen molar-refractivity contribution < 1.29 is 62.3 Å². The molecule has 0 heterocycles. The van der Waals surface area contributed by atoms with Crippen LogP contribution < -0.4 is 24.3 Å². The minimum Gasteiger partial charge on any atom is -0.493 e. The fourth-order valence-corrected chi connectivity index (χ4v) is 3.66. The lowest BCUT2D eigenvalue weighted by Crippen LogP contribution is -2.48. The number of benzene rings is 3. The predicted molar refractivity (Wildman–Crippen MR) is 150 cm³/mol. The number of hydrogen-bond acceptors (Lipinski definition) is 12. The maximum absolute atomic E-state index is 13.3. The quantitative estimate of drug-likeness (QED) is 0.225. The molecule has 0 spiro atoms. The monoisotopic (exact) mass is 609 g/mol. The Morgan fingerprint density at radius 3 is 1.50 bits per heavy atom. The van der Waals surface area contributed by atoms with Gasteiger partial charge in [-0.1, -0.05) is 18.2 Å². The van der Waals surface area contributed by atoms with Crippen LogP contribution in [-0.2, 0) is 28.7 Å². The topological polar surface area (TPSA) is 190 Å². The zero-order chi connectivity index (χ0) is 32.4. The van der Waals surface area contributed by atoms with Gasteiger partial charge >= 0.3 is 29.8 Å². The molecule has 0 bridgehead atoms. The summed E-state index contributed by atoms with van der Waals surface area (Å²) in [5.74, 6) is -6.78. The summed E-state index contributed by atoms with van der Waals surface area (Å²) in [6.07, 6.45) is -4.54. The zero-order valence-corrected chi connectivity index (χ0v) is 23.9. The van der Waals surface area contributed by atoms with E-state index in [1.54, 1.807) is 18.2 Å². The minimum absolute atomic E-state index is 0.0117. The number of rotatable bonds is 12. The van der Waals surface area contributed by atoms with Crippen LogP contribution in [-0.4, -0.2) is 67.3 Å². The highest BCUT2D eigenvalue weighted by atomic mass is 16.6. The molecule has 3 aromatic rings. The summed E-state index contributed by atoms with van der Waals surface area (Å²) in [7, 11) is 2.50. The number of ether oxygens (including phenoxy) is 6. The summed E-state index contributed by atoms with van der Waals surface area (Å²) in [5.41, 5.74) is -0.216. The van der Waals surface area contributed by atoms with E-state index in [0.717, 1.165) is 26.0 Å². The van der Waals surface area contributed by atoms with Crippen molar-refractivity contribution in [3.63, 3.8) is 0 Å². The molecule has 0 aliphatic heterocycles. The normalized spacial score (nSPS) is 11.6. The Hall–Kier alpha value is -5.92. The molecule has 0 aliphatic carbocycles. The first kappa shape index (κ1) is 32.6. The van der Waals surface area contributed by atoms with E-state index >= 15 is 0 Å². The predicted octanol–water partition coefficient (Wildman–Crippen LogP) is 3.03. The van der Waals surface area contributed by atoms with E-state index in [1.807, 2.05) is 0 Å². The number of carbonyl (C=O) groups excluding carboxylic acids is 5. The average Bonchev–Trinajstić information content (AvgIpc) is 2.98. The average molecular weight is 610 g/mol. The van der Waals surface area contributed by atoms with Crippen molar-refractivity contribution in [3.8, 4) is 23.0 Å². The van der Waals surface area contributed by atoms with Gasteiger partial charge in [0.15, 0.2) is 23.0 Å². The van der Waals surface area contributed by atoms with Crippen LogP contribution in [0.4, 0.5) is 5.69 Å². The number of methoxy groups -OCH3 is 2. The van der Waals surface area contributed by atoms with E-state index in [-0.39, 0.29) is 39.8 Å². The lowest BCUT2D eigenvalue weighted by molar-refractivity contribution is -0.157. The lowest BCUT2D eigenvalue weighted by Gasteiger charge is -2.24. The van der Waals surface area contributed by atoms with Gasteiger partial charge in [-0.05, 0) is 48.5 Å². The number of aliphatic carboxylic acids is 1. The second-order valence-corrected chi connectivity index (χ2v) is 8.76. The van der Waals surface area contributed by atoms with Crippen molar-refractivity contribution in [1.29, 1.82) is 0 Å². The van der Waals surface area contributed by atoms with Crippen molar-refractivity contribution in [1.82, 2.24) is 0 Å². The summed E-state index contributed by atoms with van der Waals surface area (Å²) < 4.78 is 30.7. The van der Waals surface area contributed by atoms with Crippen LogP contribution in [0, 0.1) is 0 Å². The molecule has 2 N–H and O–H groups in total. The van der Waals surface area contributed by atoms with E-state index in [9.17, 15) is 33.9 Å². The fraction of sp³-hybridized carbons (Fsp3) is 0.200. The van der Waals surface area contributed by atoms with Gasteiger partial charge in [-0.15, -0.1) is 0 Å². The summed E-state index contributed by atoms with van der Waals surface area (Å²) in [4.78, 5) is 74.5. The van der Waals surface area contributed by atoms with E-state index in [0.29, 0.717) is 0 Å². The van der Waals surface area contributed by atoms with Crippen LogP contribution in [0.5, 0.6) is 23.0 Å². The molecule has 44 heavy (non-hydrogen) atoms. The Morgan fingerprint density at radius 2 is 1.09 bits per heavy atom. The first-order valence-corrected chi connectivity index (χ1v) is 12.7. The van der Waals surface area contributed by atoms with E-state index in [4.69, 9.17) is 28.4 Å². The standard InChI is InChI=1S/C30H27NO13/c1-16(32)41-21-12-10-18(14-23(21)39-3)29(37)43-25(27(34)31-20-8-6-5-7-9-20)26(28(35)36)44-30(38)19-11-13-22(42-17(2)33)24(15-19)40-4/h5-15,25-26H,1-4H3,(H,31,34)(H,35,36)/t25-,26-/m0/s1. The molecule has 3 rings (SSSR count). The van der Waals surface area contributed by atoms with Crippen molar-refractivity contribution in [2.75, 3.05) is 19.5 Å². The molecule has 0 aromatic heterocycles. The van der Waals surface area contributed by atoms with Gasteiger partial charge < -0.3 is 38.8 Å². The largest absolute Gasteiger partial charge is 0.493 e. The smallest absolute Gasteiger partial charge is 0.349 e. The molecule has 230 valence electrons. The number of carbonyl (C=O) groups is 6. The zero-order valence-electron chi connectivity index (χ0n) is 23.9. The van der Waals surface area contributed by atoms with Crippen molar-refractivity contribution in [2.45, 2.75) is 26.1 Å². The van der Waals surface area contributed by atoms with Gasteiger partial charge in [0, 0.05) is 19.5 Å². The van der Waals surface area contributed by atoms with Gasteiger partial charge in [0.05, 0.1) is 25.3 Å². The third-order valence-electron chi connectivity index (χ3n) is 5.59. The number of amides is 1. The van der Waals surface area contributed by atoms with Crippen molar-refractivity contribution >= 4 is 41.4 Å². The number of nitrogens with one attached hydrogen (secondary N) is 1. The third kappa shape index (κ3) is 8.55. The molecule has 0 saturated carbocycles. The van der Waals surface area contributed by atoms with Gasteiger partial charge in [0.1, 0.15) is 0 Å². The SMILES string of the molecule is COc1cc(C(=O)O[C@H](C(=O)O)[C@H](OC(=O)c2ccc(OC(C)=O)c(OC)c2)C(=O)Nc2ccccc2)ccc1OC(C)=O. The van der Waals surface area contributed by atoms with Crippen LogP contribution in [0.2, 0.25) is 0 Å². The maximum Gasteiger partial charge on any atom is 0.349 e.